The third-order valence-corrected chi connectivity index (χ3v) is 6.17. The van der Waals surface area contributed by atoms with Gasteiger partial charge in [0.1, 0.15) is 0 Å². The Bertz CT molecular complexity index is 763. The zero-order valence-electron chi connectivity index (χ0n) is 17.7. The lowest BCUT2D eigenvalue weighted by molar-refractivity contribution is -0.133. The Morgan fingerprint density at radius 3 is 2.67 bits per heavy atom. The topological polar surface area (TPSA) is 71.6 Å². The van der Waals surface area contributed by atoms with Crippen LogP contribution in [-0.4, -0.2) is 85.4 Å². The summed E-state index contributed by atoms with van der Waals surface area (Å²) in [7, 11) is 0. The number of amides is 2. The number of aryl methyl sites for hydroxylation is 1. The largest absolute Gasteiger partial charge is 0.454 e. The van der Waals surface area contributed by atoms with Crippen LogP contribution < -0.4 is 9.47 Å². The van der Waals surface area contributed by atoms with Gasteiger partial charge in [-0.1, -0.05) is 6.07 Å². The highest BCUT2D eigenvalue weighted by molar-refractivity contribution is 5.76. The van der Waals surface area contributed by atoms with Gasteiger partial charge in [0, 0.05) is 51.7 Å². The molecule has 1 atom stereocenters. The maximum Gasteiger partial charge on any atom is 0.409 e. The molecule has 0 unspecified atom stereocenters. The maximum absolute atomic E-state index is 12.8. The summed E-state index contributed by atoms with van der Waals surface area (Å²) in [5.74, 6) is 1.74. The fourth-order valence-electron chi connectivity index (χ4n) is 4.47. The number of hydrogen-bond donors (Lipinski definition) is 0. The number of fused-ring (bicyclic) bond motifs is 1. The predicted octanol–water partition coefficient (Wildman–Crippen LogP) is 2.11. The molecule has 0 spiro atoms. The second kappa shape index (κ2) is 9.55. The highest BCUT2D eigenvalue weighted by Crippen LogP contribution is 2.32. The Morgan fingerprint density at radius 1 is 1.07 bits per heavy atom. The SMILES string of the molecule is CCOC(=O)N1CCN([C@@H]2CCCN(C(=O)CCc3ccc4c(c3)OCO4)C2)CC1. The van der Waals surface area contributed by atoms with E-state index in [0.29, 0.717) is 38.6 Å². The Labute approximate surface area is 177 Å². The van der Waals surface area contributed by atoms with E-state index in [1.165, 1.54) is 0 Å². The number of carbonyl (C=O) groups is 2. The minimum absolute atomic E-state index is 0.211. The van der Waals surface area contributed by atoms with Crippen LogP contribution in [0.4, 0.5) is 4.79 Å². The van der Waals surface area contributed by atoms with Crippen molar-refractivity contribution in [2.75, 3.05) is 52.7 Å². The van der Waals surface area contributed by atoms with Gasteiger partial charge in [0.05, 0.1) is 6.61 Å². The van der Waals surface area contributed by atoms with Gasteiger partial charge < -0.3 is 24.0 Å². The number of ether oxygens (including phenoxy) is 3. The Kier molecular flexibility index (Phi) is 6.62. The van der Waals surface area contributed by atoms with Crippen molar-refractivity contribution < 1.29 is 23.8 Å². The van der Waals surface area contributed by atoms with Crippen molar-refractivity contribution in [1.29, 1.82) is 0 Å². The van der Waals surface area contributed by atoms with Crippen LogP contribution in [0.2, 0.25) is 0 Å². The van der Waals surface area contributed by atoms with Crippen LogP contribution in [0.15, 0.2) is 18.2 Å². The van der Waals surface area contributed by atoms with E-state index in [9.17, 15) is 9.59 Å². The molecule has 164 valence electrons. The van der Waals surface area contributed by atoms with Gasteiger partial charge in [-0.25, -0.2) is 4.79 Å². The van der Waals surface area contributed by atoms with Gasteiger partial charge in [-0.3, -0.25) is 9.69 Å². The third kappa shape index (κ3) is 4.80. The summed E-state index contributed by atoms with van der Waals surface area (Å²) >= 11 is 0. The van der Waals surface area contributed by atoms with E-state index < -0.39 is 0 Å². The fourth-order valence-corrected chi connectivity index (χ4v) is 4.47. The lowest BCUT2D eigenvalue weighted by atomic mass is 10.0. The van der Waals surface area contributed by atoms with Gasteiger partial charge in [-0.15, -0.1) is 0 Å². The molecule has 8 heteroatoms. The Hall–Kier alpha value is -2.48. The molecule has 0 saturated carbocycles. The first-order valence-electron chi connectivity index (χ1n) is 11.0. The number of nitrogens with zero attached hydrogens (tertiary/aromatic N) is 3. The van der Waals surface area contributed by atoms with E-state index in [1.807, 2.05) is 30.0 Å². The second-order valence-electron chi connectivity index (χ2n) is 8.05. The van der Waals surface area contributed by atoms with Gasteiger partial charge in [0.25, 0.3) is 0 Å². The van der Waals surface area contributed by atoms with Gasteiger partial charge in [-0.2, -0.15) is 0 Å². The molecule has 4 rings (SSSR count). The van der Waals surface area contributed by atoms with Crippen LogP contribution in [-0.2, 0) is 16.0 Å². The summed E-state index contributed by atoms with van der Waals surface area (Å²) in [6, 6.07) is 6.26. The lowest BCUT2D eigenvalue weighted by Crippen LogP contribution is -2.56. The number of rotatable bonds is 5. The summed E-state index contributed by atoms with van der Waals surface area (Å²) in [5, 5.41) is 0. The Morgan fingerprint density at radius 2 is 1.87 bits per heavy atom. The van der Waals surface area contributed by atoms with Gasteiger partial charge in [0.2, 0.25) is 12.7 Å². The molecule has 2 amide bonds. The van der Waals surface area contributed by atoms with E-state index >= 15 is 0 Å². The zero-order valence-corrected chi connectivity index (χ0v) is 17.7. The molecule has 3 heterocycles. The number of hydrogen-bond acceptors (Lipinski definition) is 6. The molecule has 8 nitrogen and oxygen atoms in total. The van der Waals surface area contributed by atoms with Gasteiger partial charge in [0.15, 0.2) is 11.5 Å². The molecule has 0 radical (unpaired) electrons. The highest BCUT2D eigenvalue weighted by atomic mass is 16.7. The fraction of sp³-hybridized carbons (Fsp3) is 0.636. The van der Waals surface area contributed by atoms with Crippen LogP contribution in [0.3, 0.4) is 0 Å². The highest BCUT2D eigenvalue weighted by Gasteiger charge is 2.31. The van der Waals surface area contributed by atoms with Crippen LogP contribution in [0, 0.1) is 0 Å². The number of likely N-dealkylation sites (tertiary alicyclic amines) is 1. The standard InChI is InChI=1S/C22H31N3O5/c1-2-28-22(27)24-12-10-23(11-13-24)18-4-3-9-25(15-18)21(26)8-6-17-5-7-19-20(14-17)30-16-29-19/h5,7,14,18H,2-4,6,8-13,15-16H2,1H3/t18-/m1/s1. The van der Waals surface area contributed by atoms with Crippen molar-refractivity contribution in [1.82, 2.24) is 14.7 Å². The van der Waals surface area contributed by atoms with E-state index in [0.717, 1.165) is 56.1 Å². The first-order valence-corrected chi connectivity index (χ1v) is 11.0. The monoisotopic (exact) mass is 417 g/mol. The second-order valence-corrected chi connectivity index (χ2v) is 8.05. The third-order valence-electron chi connectivity index (χ3n) is 6.17. The molecule has 30 heavy (non-hydrogen) atoms. The number of piperazine rings is 1. The van der Waals surface area contributed by atoms with Crippen molar-refractivity contribution in [3.63, 3.8) is 0 Å². The molecule has 0 aromatic heterocycles. The smallest absolute Gasteiger partial charge is 0.409 e. The minimum atomic E-state index is -0.221. The molecule has 1 aromatic rings. The molecule has 3 aliphatic heterocycles. The van der Waals surface area contributed by atoms with E-state index in [4.69, 9.17) is 14.2 Å². The van der Waals surface area contributed by atoms with Crippen molar-refractivity contribution in [3.05, 3.63) is 23.8 Å². The number of benzene rings is 1. The molecule has 2 saturated heterocycles. The first kappa shape index (κ1) is 20.8. The van der Waals surface area contributed by atoms with Crippen LogP contribution in [0.5, 0.6) is 11.5 Å². The summed E-state index contributed by atoms with van der Waals surface area (Å²) in [5.41, 5.74) is 1.09. The normalized spacial score (nSPS) is 21.6. The molecule has 0 N–H and O–H groups in total. The lowest BCUT2D eigenvalue weighted by Gasteiger charge is -2.43. The molecular weight excluding hydrogens is 386 g/mol. The summed E-state index contributed by atoms with van der Waals surface area (Å²) in [6.45, 7) is 7.16. The predicted molar refractivity (Wildman–Crippen MR) is 111 cm³/mol. The van der Waals surface area contributed by atoms with Crippen molar-refractivity contribution in [3.8, 4) is 11.5 Å². The van der Waals surface area contributed by atoms with Crippen LogP contribution in [0.1, 0.15) is 31.7 Å². The molecule has 3 aliphatic rings. The summed E-state index contributed by atoms with van der Waals surface area (Å²) in [6.07, 6.45) is 3.11. The summed E-state index contributed by atoms with van der Waals surface area (Å²) < 4.78 is 15.9. The molecule has 1 aromatic carbocycles. The quantitative estimate of drug-likeness (QED) is 0.731. The van der Waals surface area contributed by atoms with Gasteiger partial charge in [-0.05, 0) is 43.9 Å². The number of piperidine rings is 1. The maximum atomic E-state index is 12.8. The van der Waals surface area contributed by atoms with Crippen LogP contribution in [0.25, 0.3) is 0 Å². The van der Waals surface area contributed by atoms with Crippen molar-refractivity contribution >= 4 is 12.0 Å². The molecule has 0 aliphatic carbocycles. The van der Waals surface area contributed by atoms with Crippen molar-refractivity contribution in [2.45, 2.75) is 38.6 Å². The molecular formula is C22H31N3O5. The van der Waals surface area contributed by atoms with E-state index in [2.05, 4.69) is 4.90 Å². The molecule has 2 fully saturated rings. The first-order chi connectivity index (χ1) is 14.6. The average Bonchev–Trinajstić information content (AvgIpc) is 3.26. The zero-order chi connectivity index (χ0) is 20.9. The minimum Gasteiger partial charge on any atom is -0.454 e. The van der Waals surface area contributed by atoms with E-state index in [1.54, 1.807) is 4.90 Å². The van der Waals surface area contributed by atoms with E-state index in [-0.39, 0.29) is 18.8 Å². The average molecular weight is 418 g/mol. The van der Waals surface area contributed by atoms with Crippen LogP contribution >= 0.6 is 0 Å². The van der Waals surface area contributed by atoms with Crippen molar-refractivity contribution in [2.24, 2.45) is 0 Å². The van der Waals surface area contributed by atoms with Gasteiger partial charge >= 0.3 is 6.09 Å². The molecule has 0 bridgehead atoms. The number of carbonyl (C=O) groups excluding carboxylic acids is 2. The summed E-state index contributed by atoms with van der Waals surface area (Å²) in [4.78, 5) is 30.9. The Balaban J connectivity index is 1.24.